The Bertz CT molecular complexity index is 288. The minimum Gasteiger partial charge on any atom is -0.395 e. The Kier molecular flexibility index (Phi) is 1.77. The number of aliphatic hydroxyl groups is 1. The van der Waals surface area contributed by atoms with Crippen LogP contribution in [0, 0.1) is 12.8 Å². The van der Waals surface area contributed by atoms with Crippen molar-refractivity contribution in [3.05, 3.63) is 21.9 Å². The Morgan fingerprint density at radius 2 is 2.42 bits per heavy atom. The highest BCUT2D eigenvalue weighted by Gasteiger charge is 2.53. The highest BCUT2D eigenvalue weighted by molar-refractivity contribution is 7.10. The van der Waals surface area contributed by atoms with Crippen molar-refractivity contribution >= 4 is 11.3 Å². The minimum absolute atomic E-state index is 0.137. The second kappa shape index (κ2) is 2.57. The molecule has 1 saturated carbocycles. The van der Waals surface area contributed by atoms with Gasteiger partial charge in [0.05, 0.1) is 6.61 Å². The van der Waals surface area contributed by atoms with E-state index in [-0.39, 0.29) is 5.41 Å². The third kappa shape index (κ3) is 0.947. The van der Waals surface area contributed by atoms with Crippen LogP contribution < -0.4 is 0 Å². The molecular formula is C10H14OS. The zero-order chi connectivity index (χ0) is 8.77. The Hall–Kier alpha value is -0.340. The molecule has 1 aromatic heterocycles. The second-order valence-electron chi connectivity index (χ2n) is 3.85. The van der Waals surface area contributed by atoms with E-state index in [1.807, 2.05) is 0 Å². The van der Waals surface area contributed by atoms with Gasteiger partial charge in [0.15, 0.2) is 0 Å². The van der Waals surface area contributed by atoms with E-state index >= 15 is 0 Å². The molecule has 2 unspecified atom stereocenters. The molecule has 0 spiro atoms. The number of rotatable bonds is 2. The SMILES string of the molecule is Cc1ccsc1C1(CO)CC1C. The third-order valence-electron chi connectivity index (χ3n) is 3.05. The average Bonchev–Trinajstić information content (AvgIpc) is 2.50. The predicted octanol–water partition coefficient (Wildman–Crippen LogP) is 2.33. The van der Waals surface area contributed by atoms with Crippen molar-refractivity contribution in [3.8, 4) is 0 Å². The molecule has 2 rings (SSSR count). The van der Waals surface area contributed by atoms with Gasteiger partial charge >= 0.3 is 0 Å². The van der Waals surface area contributed by atoms with Crippen LogP contribution in [0.2, 0.25) is 0 Å². The first-order chi connectivity index (χ1) is 5.70. The van der Waals surface area contributed by atoms with E-state index < -0.39 is 0 Å². The van der Waals surface area contributed by atoms with Crippen LogP contribution in [0.1, 0.15) is 23.8 Å². The molecule has 2 heteroatoms. The molecule has 1 aliphatic rings. The Labute approximate surface area is 77.0 Å². The van der Waals surface area contributed by atoms with Crippen LogP contribution >= 0.6 is 11.3 Å². The standard InChI is InChI=1S/C10H14OS/c1-7-3-4-12-9(7)10(6-11)5-8(10)2/h3-4,8,11H,5-6H2,1-2H3. The highest BCUT2D eigenvalue weighted by atomic mass is 32.1. The summed E-state index contributed by atoms with van der Waals surface area (Å²) < 4.78 is 0. The quantitative estimate of drug-likeness (QED) is 0.744. The van der Waals surface area contributed by atoms with E-state index in [9.17, 15) is 5.11 Å². The fraction of sp³-hybridized carbons (Fsp3) is 0.600. The monoisotopic (exact) mass is 182 g/mol. The van der Waals surface area contributed by atoms with Crippen molar-refractivity contribution in [2.45, 2.75) is 25.7 Å². The number of aliphatic hydroxyl groups excluding tert-OH is 1. The molecule has 0 saturated heterocycles. The van der Waals surface area contributed by atoms with Crippen LogP contribution in [0.4, 0.5) is 0 Å². The topological polar surface area (TPSA) is 20.2 Å². The van der Waals surface area contributed by atoms with Crippen LogP contribution in [0.5, 0.6) is 0 Å². The molecule has 0 aromatic carbocycles. The summed E-state index contributed by atoms with van der Waals surface area (Å²) >= 11 is 1.79. The number of hydrogen-bond donors (Lipinski definition) is 1. The second-order valence-corrected chi connectivity index (χ2v) is 4.77. The van der Waals surface area contributed by atoms with Crippen molar-refractivity contribution < 1.29 is 5.11 Å². The summed E-state index contributed by atoms with van der Waals surface area (Å²) in [7, 11) is 0. The Morgan fingerprint density at radius 3 is 2.75 bits per heavy atom. The maximum Gasteiger partial charge on any atom is 0.0538 e. The van der Waals surface area contributed by atoms with Crippen molar-refractivity contribution in [1.29, 1.82) is 0 Å². The van der Waals surface area contributed by atoms with Crippen LogP contribution in [0.3, 0.4) is 0 Å². The van der Waals surface area contributed by atoms with Gasteiger partial charge < -0.3 is 5.11 Å². The van der Waals surface area contributed by atoms with Gasteiger partial charge in [-0.1, -0.05) is 6.92 Å². The lowest BCUT2D eigenvalue weighted by molar-refractivity contribution is 0.248. The molecule has 0 bridgehead atoms. The van der Waals surface area contributed by atoms with Crippen molar-refractivity contribution in [3.63, 3.8) is 0 Å². The van der Waals surface area contributed by atoms with Crippen LogP contribution in [0.25, 0.3) is 0 Å². The van der Waals surface area contributed by atoms with Crippen molar-refractivity contribution in [2.75, 3.05) is 6.61 Å². The van der Waals surface area contributed by atoms with Crippen LogP contribution in [-0.4, -0.2) is 11.7 Å². The van der Waals surface area contributed by atoms with Crippen LogP contribution in [0.15, 0.2) is 11.4 Å². The fourth-order valence-electron chi connectivity index (χ4n) is 1.98. The predicted molar refractivity (Wildman–Crippen MR) is 51.6 cm³/mol. The van der Waals surface area contributed by atoms with Crippen LogP contribution in [-0.2, 0) is 5.41 Å². The summed E-state index contributed by atoms with van der Waals surface area (Å²) in [5.41, 5.74) is 1.48. The summed E-state index contributed by atoms with van der Waals surface area (Å²) in [5, 5.41) is 11.4. The van der Waals surface area contributed by atoms with E-state index in [0.29, 0.717) is 12.5 Å². The van der Waals surface area contributed by atoms with E-state index in [2.05, 4.69) is 25.3 Å². The van der Waals surface area contributed by atoms with Crippen molar-refractivity contribution in [1.82, 2.24) is 0 Å². The lowest BCUT2D eigenvalue weighted by Crippen LogP contribution is -2.13. The van der Waals surface area contributed by atoms with Gasteiger partial charge in [0, 0.05) is 10.3 Å². The summed E-state index contributed by atoms with van der Waals surface area (Å²) in [6.45, 7) is 4.67. The minimum atomic E-state index is 0.137. The lowest BCUT2D eigenvalue weighted by atomic mass is 10.0. The lowest BCUT2D eigenvalue weighted by Gasteiger charge is -2.11. The first-order valence-corrected chi connectivity index (χ1v) is 5.24. The van der Waals surface area contributed by atoms with Gasteiger partial charge in [-0.3, -0.25) is 0 Å². The van der Waals surface area contributed by atoms with E-state index in [0.717, 1.165) is 6.42 Å². The fourth-order valence-corrected chi connectivity index (χ4v) is 3.22. The normalized spacial score (nSPS) is 33.8. The Balaban J connectivity index is 2.36. The molecule has 0 aliphatic heterocycles. The molecule has 0 amide bonds. The zero-order valence-corrected chi connectivity index (χ0v) is 8.32. The largest absolute Gasteiger partial charge is 0.395 e. The van der Waals surface area contributed by atoms with Gasteiger partial charge in [0.25, 0.3) is 0 Å². The molecule has 1 N–H and O–H groups in total. The molecule has 1 fully saturated rings. The van der Waals surface area contributed by atoms with Gasteiger partial charge in [-0.25, -0.2) is 0 Å². The number of thiophene rings is 1. The zero-order valence-electron chi connectivity index (χ0n) is 7.50. The van der Waals surface area contributed by atoms with Gasteiger partial charge in [-0.05, 0) is 36.3 Å². The van der Waals surface area contributed by atoms with Crippen molar-refractivity contribution in [2.24, 2.45) is 5.92 Å². The maximum absolute atomic E-state index is 9.33. The number of aryl methyl sites for hydroxylation is 1. The molecule has 1 nitrogen and oxygen atoms in total. The van der Waals surface area contributed by atoms with Gasteiger partial charge in [0.2, 0.25) is 0 Å². The molecule has 12 heavy (non-hydrogen) atoms. The summed E-state index contributed by atoms with van der Waals surface area (Å²) in [5.74, 6) is 0.667. The molecule has 0 radical (unpaired) electrons. The molecule has 1 aromatic rings. The molecular weight excluding hydrogens is 168 g/mol. The molecule has 2 atom stereocenters. The molecule has 66 valence electrons. The van der Waals surface area contributed by atoms with Gasteiger partial charge in [-0.2, -0.15) is 0 Å². The van der Waals surface area contributed by atoms with E-state index in [4.69, 9.17) is 0 Å². The Morgan fingerprint density at radius 1 is 1.75 bits per heavy atom. The summed E-state index contributed by atoms with van der Waals surface area (Å²) in [6, 6.07) is 2.14. The molecule has 1 aliphatic carbocycles. The first-order valence-electron chi connectivity index (χ1n) is 4.36. The van der Waals surface area contributed by atoms with E-state index in [1.54, 1.807) is 11.3 Å². The molecule has 1 heterocycles. The highest BCUT2D eigenvalue weighted by Crippen LogP contribution is 2.55. The summed E-state index contributed by atoms with van der Waals surface area (Å²) in [6.07, 6.45) is 1.16. The maximum atomic E-state index is 9.33. The van der Waals surface area contributed by atoms with E-state index in [1.165, 1.54) is 10.4 Å². The third-order valence-corrected chi connectivity index (χ3v) is 4.29. The first kappa shape index (κ1) is 8.27. The van der Waals surface area contributed by atoms with Gasteiger partial charge in [-0.15, -0.1) is 11.3 Å². The summed E-state index contributed by atoms with van der Waals surface area (Å²) in [4.78, 5) is 1.40. The number of hydrogen-bond acceptors (Lipinski definition) is 2. The smallest absolute Gasteiger partial charge is 0.0538 e. The van der Waals surface area contributed by atoms with Gasteiger partial charge in [0.1, 0.15) is 0 Å². The average molecular weight is 182 g/mol.